The number of morpholine rings is 1. The molecule has 0 unspecified atom stereocenters. The van der Waals surface area contributed by atoms with E-state index in [1.807, 2.05) is 4.90 Å². The number of nitrogens with zero attached hydrogens (tertiary/aromatic N) is 3. The van der Waals surface area contributed by atoms with E-state index in [0.717, 1.165) is 18.8 Å². The fourth-order valence-corrected chi connectivity index (χ4v) is 2.02. The van der Waals surface area contributed by atoms with E-state index < -0.39 is 5.97 Å². The molecule has 1 aromatic rings. The molecule has 0 saturated carbocycles. The minimum absolute atomic E-state index is 0.0288. The highest BCUT2D eigenvalue weighted by molar-refractivity contribution is 5.87. The minimum Gasteiger partial charge on any atom is -0.463 e. The second-order valence-corrected chi connectivity index (χ2v) is 4.63. The van der Waals surface area contributed by atoms with Gasteiger partial charge in [-0.1, -0.05) is 6.58 Å². The van der Waals surface area contributed by atoms with Crippen LogP contribution < -0.4 is 10.5 Å². The number of hydrogen-bond acceptors (Lipinski definition) is 6. The first-order valence-electron chi connectivity index (χ1n) is 6.86. The van der Waals surface area contributed by atoms with Gasteiger partial charge in [0.15, 0.2) is 0 Å². The molecule has 1 aliphatic heterocycles. The molecule has 2 rings (SSSR count). The average Bonchev–Trinajstić information content (AvgIpc) is 2.50. The lowest BCUT2D eigenvalue weighted by molar-refractivity contribution is -0.138. The van der Waals surface area contributed by atoms with E-state index in [0.29, 0.717) is 13.2 Å². The summed E-state index contributed by atoms with van der Waals surface area (Å²) >= 11 is 0. The van der Waals surface area contributed by atoms with Crippen molar-refractivity contribution in [3.63, 3.8) is 0 Å². The van der Waals surface area contributed by atoms with Crippen molar-refractivity contribution >= 4 is 11.7 Å². The number of esters is 1. The standard InChI is InChI=1S/C14H19N3O4/c1-3-21-14(19)11(2)10-17-13(18)8-12(9-15-17)16-4-6-20-7-5-16/h8-9H,2-7,10H2,1H3. The molecule has 7 heteroatoms. The molecule has 7 nitrogen and oxygen atoms in total. The van der Waals surface area contributed by atoms with Crippen LogP contribution in [0, 0.1) is 0 Å². The number of anilines is 1. The van der Waals surface area contributed by atoms with Crippen LogP contribution in [0.15, 0.2) is 29.2 Å². The minimum atomic E-state index is -0.511. The van der Waals surface area contributed by atoms with Gasteiger partial charge in [0, 0.05) is 19.2 Å². The molecule has 0 bridgehead atoms. The summed E-state index contributed by atoms with van der Waals surface area (Å²) in [6.07, 6.45) is 1.62. The monoisotopic (exact) mass is 293 g/mol. The molecule has 1 fully saturated rings. The van der Waals surface area contributed by atoms with Crippen molar-refractivity contribution in [2.45, 2.75) is 13.5 Å². The predicted octanol–water partition coefficient (Wildman–Crippen LogP) is 0.199. The zero-order valence-corrected chi connectivity index (χ0v) is 12.1. The van der Waals surface area contributed by atoms with Crippen LogP contribution in [0.4, 0.5) is 5.69 Å². The first kappa shape index (κ1) is 15.2. The van der Waals surface area contributed by atoms with Crippen molar-refractivity contribution in [2.24, 2.45) is 0 Å². The number of hydrogen-bond donors (Lipinski definition) is 0. The Labute approximate surface area is 122 Å². The summed E-state index contributed by atoms with van der Waals surface area (Å²) in [5.41, 5.74) is 0.691. The Morgan fingerprint density at radius 1 is 1.48 bits per heavy atom. The summed E-state index contributed by atoms with van der Waals surface area (Å²) in [6.45, 7) is 8.40. The van der Waals surface area contributed by atoms with Gasteiger partial charge < -0.3 is 14.4 Å². The molecule has 1 saturated heterocycles. The summed E-state index contributed by atoms with van der Waals surface area (Å²) in [6, 6.07) is 1.51. The van der Waals surface area contributed by atoms with E-state index in [1.165, 1.54) is 10.7 Å². The summed E-state index contributed by atoms with van der Waals surface area (Å²) in [5, 5.41) is 4.09. The molecule has 1 aliphatic rings. The third-order valence-electron chi connectivity index (χ3n) is 3.14. The highest BCUT2D eigenvalue weighted by Crippen LogP contribution is 2.11. The first-order valence-corrected chi connectivity index (χ1v) is 6.86. The molecule has 0 aliphatic carbocycles. The van der Waals surface area contributed by atoms with E-state index in [1.54, 1.807) is 13.1 Å². The van der Waals surface area contributed by atoms with E-state index >= 15 is 0 Å². The number of carbonyl (C=O) groups is 1. The van der Waals surface area contributed by atoms with Gasteiger partial charge in [-0.15, -0.1) is 0 Å². The average molecular weight is 293 g/mol. The van der Waals surface area contributed by atoms with Crippen molar-refractivity contribution in [3.05, 3.63) is 34.8 Å². The number of ether oxygens (including phenoxy) is 2. The highest BCUT2D eigenvalue weighted by atomic mass is 16.5. The summed E-state index contributed by atoms with van der Waals surface area (Å²) in [7, 11) is 0. The number of rotatable bonds is 5. The lowest BCUT2D eigenvalue weighted by atomic mass is 10.3. The van der Waals surface area contributed by atoms with Crippen LogP contribution in [0.5, 0.6) is 0 Å². The lowest BCUT2D eigenvalue weighted by Crippen LogP contribution is -2.37. The molecule has 0 amide bonds. The maximum absolute atomic E-state index is 12.0. The molecule has 0 N–H and O–H groups in total. The zero-order valence-electron chi connectivity index (χ0n) is 12.1. The Bertz CT molecular complexity index is 576. The van der Waals surface area contributed by atoms with Gasteiger partial charge in [-0.3, -0.25) is 4.79 Å². The van der Waals surface area contributed by atoms with Crippen LogP contribution in [0.1, 0.15) is 6.92 Å². The van der Waals surface area contributed by atoms with Gasteiger partial charge in [-0.25, -0.2) is 9.48 Å². The van der Waals surface area contributed by atoms with Gasteiger partial charge in [0.2, 0.25) is 0 Å². The Hall–Kier alpha value is -2.15. The molecule has 0 aromatic carbocycles. The largest absolute Gasteiger partial charge is 0.463 e. The van der Waals surface area contributed by atoms with Crippen LogP contribution in [-0.2, 0) is 20.8 Å². The maximum atomic E-state index is 12.0. The quantitative estimate of drug-likeness (QED) is 0.570. The lowest BCUT2D eigenvalue weighted by Gasteiger charge is -2.28. The summed E-state index contributed by atoms with van der Waals surface area (Å²) < 4.78 is 11.3. The zero-order chi connectivity index (χ0) is 15.2. The molecular formula is C14H19N3O4. The van der Waals surface area contributed by atoms with Gasteiger partial charge >= 0.3 is 5.97 Å². The van der Waals surface area contributed by atoms with E-state index in [2.05, 4.69) is 11.7 Å². The van der Waals surface area contributed by atoms with Crippen LogP contribution in [-0.4, -0.2) is 48.7 Å². The van der Waals surface area contributed by atoms with Crippen LogP contribution in [0.2, 0.25) is 0 Å². The van der Waals surface area contributed by atoms with Gasteiger partial charge in [0.1, 0.15) is 0 Å². The van der Waals surface area contributed by atoms with Crippen molar-refractivity contribution in [1.82, 2.24) is 9.78 Å². The smallest absolute Gasteiger partial charge is 0.335 e. The van der Waals surface area contributed by atoms with Crippen LogP contribution in [0.3, 0.4) is 0 Å². The Balaban J connectivity index is 2.07. The molecule has 21 heavy (non-hydrogen) atoms. The molecular weight excluding hydrogens is 274 g/mol. The second-order valence-electron chi connectivity index (χ2n) is 4.63. The maximum Gasteiger partial charge on any atom is 0.335 e. The van der Waals surface area contributed by atoms with Crippen molar-refractivity contribution < 1.29 is 14.3 Å². The molecule has 0 atom stereocenters. The Kier molecular flexibility index (Phi) is 5.10. The van der Waals surface area contributed by atoms with Gasteiger partial charge in [0.05, 0.1) is 43.8 Å². The van der Waals surface area contributed by atoms with Gasteiger partial charge in [0.25, 0.3) is 5.56 Å². The predicted molar refractivity (Wildman–Crippen MR) is 77.3 cm³/mol. The second kappa shape index (κ2) is 7.03. The molecule has 2 heterocycles. The normalized spacial score (nSPS) is 14.8. The van der Waals surface area contributed by atoms with Crippen LogP contribution in [0.25, 0.3) is 0 Å². The third-order valence-corrected chi connectivity index (χ3v) is 3.14. The van der Waals surface area contributed by atoms with Gasteiger partial charge in [-0.2, -0.15) is 5.10 Å². The van der Waals surface area contributed by atoms with Crippen LogP contribution >= 0.6 is 0 Å². The molecule has 1 aromatic heterocycles. The molecule has 0 radical (unpaired) electrons. The van der Waals surface area contributed by atoms with E-state index in [-0.39, 0.29) is 24.3 Å². The van der Waals surface area contributed by atoms with E-state index in [4.69, 9.17) is 9.47 Å². The van der Waals surface area contributed by atoms with Crippen molar-refractivity contribution in [3.8, 4) is 0 Å². The SMILES string of the molecule is C=C(Cn1ncc(N2CCOCC2)cc1=O)C(=O)OCC. The first-order chi connectivity index (χ1) is 10.1. The topological polar surface area (TPSA) is 73.7 Å². The van der Waals surface area contributed by atoms with Crippen molar-refractivity contribution in [2.75, 3.05) is 37.8 Å². The fourth-order valence-electron chi connectivity index (χ4n) is 2.02. The number of carbonyl (C=O) groups excluding carboxylic acids is 1. The highest BCUT2D eigenvalue weighted by Gasteiger charge is 2.14. The summed E-state index contributed by atoms with van der Waals surface area (Å²) in [5.74, 6) is -0.511. The molecule has 0 spiro atoms. The molecule has 114 valence electrons. The van der Waals surface area contributed by atoms with Crippen molar-refractivity contribution in [1.29, 1.82) is 0 Å². The fraction of sp³-hybridized carbons (Fsp3) is 0.500. The van der Waals surface area contributed by atoms with Gasteiger partial charge in [-0.05, 0) is 6.92 Å². The van der Waals surface area contributed by atoms with E-state index in [9.17, 15) is 9.59 Å². The number of aromatic nitrogens is 2. The Morgan fingerprint density at radius 2 is 2.19 bits per heavy atom. The third kappa shape index (κ3) is 3.91. The summed E-state index contributed by atoms with van der Waals surface area (Å²) in [4.78, 5) is 25.6. The Morgan fingerprint density at radius 3 is 2.81 bits per heavy atom.